The van der Waals surface area contributed by atoms with Gasteiger partial charge in [-0.25, -0.2) is 0 Å². The Kier molecular flexibility index (Phi) is 6.56. The zero-order valence-electron chi connectivity index (χ0n) is 12.4. The van der Waals surface area contributed by atoms with Crippen molar-refractivity contribution in [1.82, 2.24) is 0 Å². The van der Waals surface area contributed by atoms with Gasteiger partial charge in [0.05, 0.1) is 18.2 Å². The number of thiocarbonyl (C=S) groups is 1. The van der Waals surface area contributed by atoms with Gasteiger partial charge in [0.15, 0.2) is 11.5 Å². The molecule has 0 saturated carbocycles. The van der Waals surface area contributed by atoms with Crippen LogP contribution in [0.2, 0.25) is 5.02 Å². The molecule has 0 radical (unpaired) electrons. The van der Waals surface area contributed by atoms with Gasteiger partial charge >= 0.3 is 0 Å². The molecule has 0 fully saturated rings. The van der Waals surface area contributed by atoms with E-state index in [1.165, 1.54) is 0 Å². The first-order valence-corrected chi connectivity index (χ1v) is 7.59. The molecule has 0 aliphatic heterocycles. The lowest BCUT2D eigenvalue weighted by molar-refractivity contribution is 0.287. The van der Waals surface area contributed by atoms with Gasteiger partial charge in [-0.2, -0.15) is 0 Å². The Balaban J connectivity index is 3.20. The van der Waals surface area contributed by atoms with Crippen molar-refractivity contribution in [3.8, 4) is 11.5 Å². The van der Waals surface area contributed by atoms with Crippen molar-refractivity contribution in [2.24, 2.45) is 11.7 Å². The summed E-state index contributed by atoms with van der Waals surface area (Å²) in [6.45, 7) is 9.05. The van der Waals surface area contributed by atoms with Gasteiger partial charge in [0, 0.05) is 17.0 Å². The number of halogens is 1. The van der Waals surface area contributed by atoms with Crippen LogP contribution in [0.4, 0.5) is 0 Å². The molecule has 0 bridgehead atoms. The van der Waals surface area contributed by atoms with E-state index in [2.05, 4.69) is 6.92 Å². The van der Waals surface area contributed by atoms with E-state index in [0.717, 1.165) is 5.56 Å². The molecule has 0 spiro atoms. The quantitative estimate of drug-likeness (QED) is 0.767. The minimum atomic E-state index is 0.0647. The SMILES string of the molecule is CCOc1cc(Cl)c(C(C)C(C)C(N)=S)cc1OCC. The minimum absolute atomic E-state index is 0.0647. The highest BCUT2D eigenvalue weighted by Crippen LogP contribution is 2.39. The van der Waals surface area contributed by atoms with Gasteiger partial charge in [0.1, 0.15) is 0 Å². The van der Waals surface area contributed by atoms with Crippen LogP contribution in [0.5, 0.6) is 11.5 Å². The second kappa shape index (κ2) is 7.70. The van der Waals surface area contributed by atoms with Gasteiger partial charge in [-0.05, 0) is 31.4 Å². The number of benzene rings is 1. The normalized spacial score (nSPS) is 13.7. The first-order chi connectivity index (χ1) is 9.42. The molecule has 0 aliphatic carbocycles. The predicted octanol–water partition coefficient (Wildman–Crippen LogP) is 4.16. The van der Waals surface area contributed by atoms with Crippen molar-refractivity contribution in [1.29, 1.82) is 0 Å². The van der Waals surface area contributed by atoms with Crippen LogP contribution in [0, 0.1) is 5.92 Å². The van der Waals surface area contributed by atoms with Gasteiger partial charge in [0.2, 0.25) is 0 Å². The van der Waals surface area contributed by atoms with Crippen molar-refractivity contribution in [3.05, 3.63) is 22.7 Å². The maximum atomic E-state index is 6.36. The average molecular weight is 316 g/mol. The fourth-order valence-corrected chi connectivity index (χ4v) is 2.48. The van der Waals surface area contributed by atoms with Crippen LogP contribution < -0.4 is 15.2 Å². The molecule has 0 aliphatic rings. The molecule has 1 aromatic carbocycles. The summed E-state index contributed by atoms with van der Waals surface area (Å²) >= 11 is 11.4. The molecule has 0 aromatic heterocycles. The predicted molar refractivity (Wildman–Crippen MR) is 88.2 cm³/mol. The largest absolute Gasteiger partial charge is 0.490 e. The van der Waals surface area contributed by atoms with Gasteiger partial charge in [0.25, 0.3) is 0 Å². The molecule has 112 valence electrons. The summed E-state index contributed by atoms with van der Waals surface area (Å²) in [5.74, 6) is 1.55. The molecule has 20 heavy (non-hydrogen) atoms. The van der Waals surface area contributed by atoms with E-state index in [1.54, 1.807) is 6.07 Å². The number of hydrogen-bond donors (Lipinski definition) is 1. The Morgan fingerprint density at radius 3 is 2.15 bits per heavy atom. The lowest BCUT2D eigenvalue weighted by Crippen LogP contribution is -2.23. The highest BCUT2D eigenvalue weighted by atomic mass is 35.5. The van der Waals surface area contributed by atoms with Gasteiger partial charge in [-0.15, -0.1) is 0 Å². The van der Waals surface area contributed by atoms with Crippen LogP contribution in [-0.2, 0) is 0 Å². The number of hydrogen-bond acceptors (Lipinski definition) is 3. The molecule has 1 aromatic rings. The summed E-state index contributed by atoms with van der Waals surface area (Å²) < 4.78 is 11.2. The average Bonchev–Trinajstić information content (AvgIpc) is 2.40. The third-order valence-corrected chi connectivity index (χ3v) is 4.05. The van der Waals surface area contributed by atoms with Crippen molar-refractivity contribution >= 4 is 28.8 Å². The van der Waals surface area contributed by atoms with E-state index in [-0.39, 0.29) is 11.8 Å². The highest BCUT2D eigenvalue weighted by Gasteiger charge is 2.21. The van der Waals surface area contributed by atoms with Gasteiger partial charge in [-0.3, -0.25) is 0 Å². The topological polar surface area (TPSA) is 44.5 Å². The molecule has 2 atom stereocenters. The number of ether oxygens (including phenoxy) is 2. The number of rotatable bonds is 7. The molecular formula is C15H22ClNO2S. The lowest BCUT2D eigenvalue weighted by atomic mass is 9.88. The monoisotopic (exact) mass is 315 g/mol. The maximum Gasteiger partial charge on any atom is 0.162 e. The summed E-state index contributed by atoms with van der Waals surface area (Å²) in [4.78, 5) is 0.486. The van der Waals surface area contributed by atoms with Gasteiger partial charge in [-0.1, -0.05) is 37.7 Å². The Bertz CT molecular complexity index is 479. The highest BCUT2D eigenvalue weighted by molar-refractivity contribution is 7.80. The first kappa shape index (κ1) is 17.1. The van der Waals surface area contributed by atoms with Crippen LogP contribution in [0.15, 0.2) is 12.1 Å². The Labute approximate surface area is 131 Å². The molecule has 2 N–H and O–H groups in total. The Hall–Kier alpha value is -1.00. The van der Waals surface area contributed by atoms with Crippen molar-refractivity contribution in [2.75, 3.05) is 13.2 Å². The Morgan fingerprint density at radius 1 is 1.20 bits per heavy atom. The van der Waals surface area contributed by atoms with Crippen molar-refractivity contribution in [2.45, 2.75) is 33.6 Å². The fraction of sp³-hybridized carbons (Fsp3) is 0.533. The summed E-state index contributed by atoms with van der Waals surface area (Å²) in [5, 5.41) is 0.646. The lowest BCUT2D eigenvalue weighted by Gasteiger charge is -2.22. The van der Waals surface area contributed by atoms with E-state index >= 15 is 0 Å². The molecule has 1 rings (SSSR count). The second-order valence-corrected chi connectivity index (χ2v) is 5.54. The van der Waals surface area contributed by atoms with Crippen molar-refractivity contribution in [3.63, 3.8) is 0 Å². The first-order valence-electron chi connectivity index (χ1n) is 6.80. The van der Waals surface area contributed by atoms with Gasteiger partial charge < -0.3 is 15.2 Å². The minimum Gasteiger partial charge on any atom is -0.490 e. The van der Waals surface area contributed by atoms with Crippen LogP contribution in [-0.4, -0.2) is 18.2 Å². The molecule has 0 heterocycles. The van der Waals surface area contributed by atoms with Crippen LogP contribution in [0.25, 0.3) is 0 Å². The van der Waals surface area contributed by atoms with E-state index in [0.29, 0.717) is 34.7 Å². The summed E-state index contributed by atoms with van der Waals surface area (Å²) in [5.41, 5.74) is 6.70. The van der Waals surface area contributed by atoms with E-state index in [4.69, 9.17) is 39.0 Å². The van der Waals surface area contributed by atoms with E-state index in [1.807, 2.05) is 26.8 Å². The molecule has 2 unspecified atom stereocenters. The third kappa shape index (κ3) is 4.00. The van der Waals surface area contributed by atoms with E-state index < -0.39 is 0 Å². The standard InChI is InChI=1S/C15H22ClNO2S/c1-5-18-13-7-11(9(3)10(4)15(17)20)12(16)8-14(13)19-6-2/h7-10H,5-6H2,1-4H3,(H2,17,20). The zero-order chi connectivity index (χ0) is 15.3. The molecule has 5 heteroatoms. The molecular weight excluding hydrogens is 294 g/mol. The summed E-state index contributed by atoms with van der Waals surface area (Å²) in [7, 11) is 0. The van der Waals surface area contributed by atoms with Crippen LogP contribution in [0.3, 0.4) is 0 Å². The third-order valence-electron chi connectivity index (χ3n) is 3.35. The smallest absolute Gasteiger partial charge is 0.162 e. The second-order valence-electron chi connectivity index (χ2n) is 4.67. The summed E-state index contributed by atoms with van der Waals surface area (Å²) in [6.07, 6.45) is 0. The zero-order valence-corrected chi connectivity index (χ0v) is 14.0. The summed E-state index contributed by atoms with van der Waals surface area (Å²) in [6, 6.07) is 3.73. The van der Waals surface area contributed by atoms with Crippen LogP contribution in [0.1, 0.15) is 39.2 Å². The van der Waals surface area contributed by atoms with E-state index in [9.17, 15) is 0 Å². The Morgan fingerprint density at radius 2 is 1.70 bits per heavy atom. The molecule has 0 amide bonds. The molecule has 0 saturated heterocycles. The fourth-order valence-electron chi connectivity index (χ4n) is 1.95. The maximum absolute atomic E-state index is 6.36. The molecule has 3 nitrogen and oxygen atoms in total. The number of nitrogens with two attached hydrogens (primary N) is 1. The van der Waals surface area contributed by atoms with Crippen molar-refractivity contribution < 1.29 is 9.47 Å². The van der Waals surface area contributed by atoms with Crippen LogP contribution >= 0.6 is 23.8 Å².